The summed E-state index contributed by atoms with van der Waals surface area (Å²) in [6.07, 6.45) is -3.73. The third kappa shape index (κ3) is 5.16. The zero-order chi connectivity index (χ0) is 16.2. The molecule has 0 aliphatic rings. The lowest BCUT2D eigenvalue weighted by Crippen LogP contribution is -2.44. The Kier molecular flexibility index (Phi) is 5.96. The molecule has 0 aromatic heterocycles. The molecular weight excluding hydrogens is 279 g/mol. The second-order valence-corrected chi connectivity index (χ2v) is 5.42. The molecule has 0 fully saturated rings. The van der Waals surface area contributed by atoms with Gasteiger partial charge in [0.25, 0.3) is 0 Å². The van der Waals surface area contributed by atoms with E-state index in [2.05, 4.69) is 0 Å². The quantitative estimate of drug-likeness (QED) is 0.736. The molecule has 118 valence electrons. The average molecular weight is 301 g/mol. The predicted octanol–water partition coefficient (Wildman–Crippen LogP) is 4.15. The smallest absolute Gasteiger partial charge is 0.292 e. The van der Waals surface area contributed by atoms with Gasteiger partial charge in [-0.1, -0.05) is 19.1 Å². The molecule has 0 saturated heterocycles. The molecule has 1 rings (SSSR count). The van der Waals surface area contributed by atoms with Crippen LogP contribution >= 0.6 is 0 Å². The second kappa shape index (κ2) is 7.07. The molecule has 1 unspecified atom stereocenters. The van der Waals surface area contributed by atoms with Crippen molar-refractivity contribution in [3.63, 3.8) is 0 Å². The molecule has 0 spiro atoms. The number of hydrogen-bond acceptors (Lipinski definition) is 2. The van der Waals surface area contributed by atoms with Crippen LogP contribution in [0.1, 0.15) is 41.8 Å². The van der Waals surface area contributed by atoms with Gasteiger partial charge in [0.1, 0.15) is 0 Å². The van der Waals surface area contributed by atoms with E-state index in [-0.39, 0.29) is 12.3 Å². The summed E-state index contributed by atoms with van der Waals surface area (Å²) in [5.74, 6) is -0.268. The van der Waals surface area contributed by atoms with Crippen molar-refractivity contribution in [1.82, 2.24) is 4.90 Å². The van der Waals surface area contributed by atoms with Gasteiger partial charge < -0.3 is 0 Å². The Labute approximate surface area is 123 Å². The molecule has 0 radical (unpaired) electrons. The van der Waals surface area contributed by atoms with E-state index in [1.807, 2.05) is 19.9 Å². The molecule has 0 N–H and O–H groups in total. The molecule has 0 aliphatic heterocycles. The first-order valence-corrected chi connectivity index (χ1v) is 7.08. The number of rotatable bonds is 6. The van der Waals surface area contributed by atoms with Crippen LogP contribution in [0.5, 0.6) is 0 Å². The lowest BCUT2D eigenvalue weighted by molar-refractivity contribution is -0.148. The van der Waals surface area contributed by atoms with Gasteiger partial charge in [0.05, 0.1) is 12.6 Å². The molecular formula is C16H22F3NO. The fourth-order valence-electron chi connectivity index (χ4n) is 2.23. The van der Waals surface area contributed by atoms with Crippen molar-refractivity contribution in [1.29, 1.82) is 0 Å². The summed E-state index contributed by atoms with van der Waals surface area (Å²) in [6.45, 7) is 6.35. The third-order valence-electron chi connectivity index (χ3n) is 3.61. The summed E-state index contributed by atoms with van der Waals surface area (Å²) >= 11 is 0. The van der Waals surface area contributed by atoms with Crippen LogP contribution in [-0.2, 0) is 0 Å². The highest BCUT2D eigenvalue weighted by atomic mass is 19.4. The van der Waals surface area contributed by atoms with Gasteiger partial charge in [-0.3, -0.25) is 9.69 Å². The number of hydrogen-bond donors (Lipinski definition) is 0. The Morgan fingerprint density at radius 2 is 1.86 bits per heavy atom. The van der Waals surface area contributed by atoms with Crippen LogP contribution in [0.2, 0.25) is 0 Å². The van der Waals surface area contributed by atoms with Gasteiger partial charge in [0, 0.05) is 5.56 Å². The first kappa shape index (κ1) is 17.7. The van der Waals surface area contributed by atoms with Gasteiger partial charge >= 0.3 is 6.18 Å². The number of aryl methyl sites for hydroxylation is 2. The highest BCUT2D eigenvalue weighted by Crippen LogP contribution is 2.20. The monoisotopic (exact) mass is 301 g/mol. The molecule has 0 bridgehead atoms. The van der Waals surface area contributed by atoms with E-state index in [9.17, 15) is 18.0 Å². The van der Waals surface area contributed by atoms with Gasteiger partial charge in [-0.2, -0.15) is 13.2 Å². The van der Waals surface area contributed by atoms with Gasteiger partial charge in [-0.15, -0.1) is 0 Å². The van der Waals surface area contributed by atoms with E-state index in [1.165, 1.54) is 4.90 Å². The van der Waals surface area contributed by atoms with Crippen LogP contribution in [0.4, 0.5) is 13.2 Å². The summed E-state index contributed by atoms with van der Waals surface area (Å²) in [5.41, 5.74) is 2.49. The van der Waals surface area contributed by atoms with Crippen molar-refractivity contribution in [3.8, 4) is 0 Å². The van der Waals surface area contributed by atoms with Crippen LogP contribution in [0.25, 0.3) is 0 Å². The number of alkyl halides is 3. The molecule has 5 heteroatoms. The summed E-state index contributed by atoms with van der Waals surface area (Å²) in [4.78, 5) is 13.6. The van der Waals surface area contributed by atoms with Gasteiger partial charge in [0.2, 0.25) is 0 Å². The second-order valence-electron chi connectivity index (χ2n) is 5.42. The molecule has 1 atom stereocenters. The summed E-state index contributed by atoms with van der Waals surface area (Å²) in [7, 11) is 0. The average Bonchev–Trinajstić information content (AvgIpc) is 2.38. The predicted molar refractivity (Wildman–Crippen MR) is 77.6 cm³/mol. The molecule has 21 heavy (non-hydrogen) atoms. The molecule has 0 amide bonds. The summed E-state index contributed by atoms with van der Waals surface area (Å²) < 4.78 is 37.9. The van der Waals surface area contributed by atoms with Gasteiger partial charge in [-0.25, -0.2) is 0 Å². The molecule has 2 nitrogen and oxygen atoms in total. The number of nitrogens with zero attached hydrogens (tertiary/aromatic N) is 1. The molecule has 1 aromatic carbocycles. The first-order valence-electron chi connectivity index (χ1n) is 7.08. The van der Waals surface area contributed by atoms with Crippen molar-refractivity contribution < 1.29 is 18.0 Å². The summed E-state index contributed by atoms with van der Waals surface area (Å²) in [5, 5.41) is 0. The molecule has 0 saturated carbocycles. The molecule has 1 aromatic rings. The Balaban J connectivity index is 2.93. The number of benzene rings is 1. The molecule has 0 aliphatic carbocycles. The Bertz CT molecular complexity index is 497. The van der Waals surface area contributed by atoms with E-state index < -0.39 is 18.8 Å². The molecule has 0 heterocycles. The van der Waals surface area contributed by atoms with E-state index in [0.717, 1.165) is 11.1 Å². The fraction of sp³-hybridized carbons (Fsp3) is 0.562. The van der Waals surface area contributed by atoms with Crippen molar-refractivity contribution in [2.24, 2.45) is 0 Å². The minimum Gasteiger partial charge on any atom is -0.292 e. The third-order valence-corrected chi connectivity index (χ3v) is 3.61. The van der Waals surface area contributed by atoms with Crippen LogP contribution in [-0.4, -0.2) is 36.0 Å². The fourth-order valence-corrected chi connectivity index (χ4v) is 2.23. The maximum Gasteiger partial charge on any atom is 0.401 e. The highest BCUT2D eigenvalue weighted by molar-refractivity contribution is 6.00. The maximum absolute atomic E-state index is 12.6. The number of ketones is 1. The first-order chi connectivity index (χ1) is 9.65. The lowest BCUT2D eigenvalue weighted by atomic mass is 9.99. The lowest BCUT2D eigenvalue weighted by Gasteiger charge is -2.28. The minimum atomic E-state index is -4.30. The van der Waals surface area contributed by atoms with E-state index in [1.54, 1.807) is 26.0 Å². The zero-order valence-electron chi connectivity index (χ0n) is 12.9. The van der Waals surface area contributed by atoms with Crippen molar-refractivity contribution >= 4 is 5.78 Å². The number of carbonyl (C=O) groups is 1. The van der Waals surface area contributed by atoms with Crippen LogP contribution < -0.4 is 0 Å². The van der Waals surface area contributed by atoms with Crippen molar-refractivity contribution in [2.75, 3.05) is 13.1 Å². The van der Waals surface area contributed by atoms with Crippen LogP contribution in [0.15, 0.2) is 18.2 Å². The van der Waals surface area contributed by atoms with E-state index in [4.69, 9.17) is 0 Å². The van der Waals surface area contributed by atoms with Gasteiger partial charge in [-0.05, 0) is 50.9 Å². The highest BCUT2D eigenvalue weighted by Gasteiger charge is 2.34. The Morgan fingerprint density at radius 3 is 2.33 bits per heavy atom. The van der Waals surface area contributed by atoms with Crippen LogP contribution in [0, 0.1) is 13.8 Å². The van der Waals surface area contributed by atoms with Gasteiger partial charge in [0.15, 0.2) is 5.78 Å². The number of Topliss-reactive ketones (excluding diaryl/α,β-unsaturated/α-hetero) is 1. The Hall–Kier alpha value is -1.36. The standard InChI is InChI=1S/C16H22F3NO/c1-5-8-20(10-16(17,18)19)13(4)15(21)14-7-6-11(2)12(3)9-14/h6-7,9,13H,5,8,10H2,1-4H3. The normalized spacial score (nSPS) is 13.5. The minimum absolute atomic E-state index is 0.247. The Morgan fingerprint density at radius 1 is 1.24 bits per heavy atom. The van der Waals surface area contributed by atoms with Crippen molar-refractivity contribution in [2.45, 2.75) is 46.3 Å². The number of carbonyl (C=O) groups excluding carboxylic acids is 1. The summed E-state index contributed by atoms with van der Waals surface area (Å²) in [6, 6.07) is 4.46. The topological polar surface area (TPSA) is 20.3 Å². The van der Waals surface area contributed by atoms with E-state index >= 15 is 0 Å². The van der Waals surface area contributed by atoms with E-state index in [0.29, 0.717) is 12.0 Å². The largest absolute Gasteiger partial charge is 0.401 e. The SMILES string of the molecule is CCCN(CC(F)(F)F)C(C)C(=O)c1ccc(C)c(C)c1. The van der Waals surface area contributed by atoms with Crippen LogP contribution in [0.3, 0.4) is 0 Å². The maximum atomic E-state index is 12.6. The van der Waals surface area contributed by atoms with Crippen molar-refractivity contribution in [3.05, 3.63) is 34.9 Å². The zero-order valence-corrected chi connectivity index (χ0v) is 12.9. The number of halogens is 3.